The van der Waals surface area contributed by atoms with Crippen molar-refractivity contribution in [2.75, 3.05) is 13.6 Å². The molecule has 0 unspecified atom stereocenters. The van der Waals surface area contributed by atoms with Crippen LogP contribution in [0.15, 0.2) is 0 Å². The second-order valence-electron chi connectivity index (χ2n) is 3.83. The van der Waals surface area contributed by atoms with E-state index in [1.807, 2.05) is 13.8 Å². The van der Waals surface area contributed by atoms with Gasteiger partial charge >= 0.3 is 6.09 Å². The fraction of sp³-hybridized carbons (Fsp3) is 0.900. The molecule has 0 aromatic carbocycles. The van der Waals surface area contributed by atoms with Gasteiger partial charge in [-0.25, -0.2) is 4.79 Å². The van der Waals surface area contributed by atoms with Gasteiger partial charge in [0.15, 0.2) is 0 Å². The highest BCUT2D eigenvalue weighted by Crippen LogP contribution is 2.04. The first-order valence-corrected chi connectivity index (χ1v) is 4.89. The molecule has 0 radical (unpaired) electrons. The molecule has 3 nitrogen and oxygen atoms in total. The van der Waals surface area contributed by atoms with Crippen molar-refractivity contribution in [1.29, 1.82) is 0 Å². The number of amides is 1. The monoisotopic (exact) mass is 187 g/mol. The predicted molar refractivity (Wildman–Crippen MR) is 53.7 cm³/mol. The maximum atomic E-state index is 11.3. The van der Waals surface area contributed by atoms with Crippen LogP contribution in [0.25, 0.3) is 0 Å². The van der Waals surface area contributed by atoms with E-state index in [2.05, 4.69) is 13.8 Å². The number of carbonyl (C=O) groups is 1. The Balaban J connectivity index is 3.82. The van der Waals surface area contributed by atoms with Gasteiger partial charge in [-0.15, -0.1) is 0 Å². The minimum absolute atomic E-state index is 0.0353. The molecule has 0 bridgehead atoms. The molecule has 0 saturated heterocycles. The molecule has 0 aliphatic heterocycles. The molecule has 0 rings (SSSR count). The summed E-state index contributed by atoms with van der Waals surface area (Å²) in [6.45, 7) is 8.72. The zero-order chi connectivity index (χ0) is 10.4. The lowest BCUT2D eigenvalue weighted by atomic mass is 10.1. The van der Waals surface area contributed by atoms with Gasteiger partial charge in [-0.3, -0.25) is 0 Å². The molecule has 1 atom stereocenters. The lowest BCUT2D eigenvalue weighted by molar-refractivity contribution is 0.0803. The number of ether oxygens (including phenoxy) is 1. The Morgan fingerprint density at radius 1 is 1.38 bits per heavy atom. The largest absolute Gasteiger partial charge is 0.447 e. The van der Waals surface area contributed by atoms with Crippen molar-refractivity contribution in [2.24, 2.45) is 5.92 Å². The maximum Gasteiger partial charge on any atom is 0.409 e. The molecular weight excluding hydrogens is 166 g/mol. The smallest absolute Gasteiger partial charge is 0.409 e. The summed E-state index contributed by atoms with van der Waals surface area (Å²) in [5.41, 5.74) is 0. The Bertz CT molecular complexity index is 157. The van der Waals surface area contributed by atoms with Crippen molar-refractivity contribution < 1.29 is 9.53 Å². The van der Waals surface area contributed by atoms with E-state index in [-0.39, 0.29) is 12.2 Å². The van der Waals surface area contributed by atoms with Crippen LogP contribution in [0.2, 0.25) is 0 Å². The molecule has 1 amide bonds. The van der Waals surface area contributed by atoms with Gasteiger partial charge in [0.1, 0.15) is 0 Å². The van der Waals surface area contributed by atoms with E-state index in [1.54, 1.807) is 11.9 Å². The molecule has 0 saturated carbocycles. The molecule has 0 aromatic rings. The fourth-order valence-electron chi connectivity index (χ4n) is 0.963. The quantitative estimate of drug-likeness (QED) is 0.676. The Morgan fingerprint density at radius 3 is 2.31 bits per heavy atom. The molecule has 13 heavy (non-hydrogen) atoms. The number of nitrogens with zero attached hydrogens (tertiary/aromatic N) is 1. The van der Waals surface area contributed by atoms with E-state index in [1.165, 1.54) is 0 Å². The SMILES string of the molecule is CC[C@H](C)CN(C)C(=O)OC(C)C. The van der Waals surface area contributed by atoms with Gasteiger partial charge in [0.2, 0.25) is 0 Å². The molecule has 3 heteroatoms. The van der Waals surface area contributed by atoms with Crippen molar-refractivity contribution in [2.45, 2.75) is 40.2 Å². The van der Waals surface area contributed by atoms with Gasteiger partial charge in [0.05, 0.1) is 6.10 Å². The predicted octanol–water partition coefficient (Wildman–Crippen LogP) is 2.51. The highest BCUT2D eigenvalue weighted by Gasteiger charge is 2.13. The van der Waals surface area contributed by atoms with Crippen molar-refractivity contribution >= 4 is 6.09 Å². The lowest BCUT2D eigenvalue weighted by Crippen LogP contribution is -2.32. The Hall–Kier alpha value is -0.730. The van der Waals surface area contributed by atoms with Crippen LogP contribution in [-0.4, -0.2) is 30.7 Å². The van der Waals surface area contributed by atoms with Crippen LogP contribution in [-0.2, 0) is 4.74 Å². The summed E-state index contributed by atoms with van der Waals surface area (Å²) in [4.78, 5) is 12.9. The van der Waals surface area contributed by atoms with Crippen molar-refractivity contribution in [3.8, 4) is 0 Å². The summed E-state index contributed by atoms with van der Waals surface area (Å²) >= 11 is 0. The van der Waals surface area contributed by atoms with Gasteiger partial charge < -0.3 is 9.64 Å². The Morgan fingerprint density at radius 2 is 1.92 bits per heavy atom. The molecule has 0 spiro atoms. The number of hydrogen-bond acceptors (Lipinski definition) is 2. The van der Waals surface area contributed by atoms with E-state index >= 15 is 0 Å². The number of hydrogen-bond donors (Lipinski definition) is 0. The molecule has 0 aliphatic carbocycles. The van der Waals surface area contributed by atoms with E-state index in [4.69, 9.17) is 4.74 Å². The molecule has 0 aromatic heterocycles. The third kappa shape index (κ3) is 5.50. The van der Waals surface area contributed by atoms with Crippen LogP contribution in [0.1, 0.15) is 34.1 Å². The summed E-state index contributed by atoms with van der Waals surface area (Å²) in [5, 5.41) is 0. The average molecular weight is 187 g/mol. The zero-order valence-electron chi connectivity index (χ0n) is 9.33. The number of rotatable bonds is 4. The van der Waals surface area contributed by atoms with Gasteiger partial charge in [-0.05, 0) is 19.8 Å². The Labute approximate surface area is 81.1 Å². The summed E-state index contributed by atoms with van der Waals surface area (Å²) in [7, 11) is 1.77. The van der Waals surface area contributed by atoms with E-state index in [0.717, 1.165) is 13.0 Å². The van der Waals surface area contributed by atoms with Gasteiger partial charge in [-0.1, -0.05) is 20.3 Å². The van der Waals surface area contributed by atoms with Crippen molar-refractivity contribution in [1.82, 2.24) is 4.90 Å². The van der Waals surface area contributed by atoms with Crippen LogP contribution in [0, 0.1) is 5.92 Å². The van der Waals surface area contributed by atoms with Gasteiger partial charge in [0.25, 0.3) is 0 Å². The highest BCUT2D eigenvalue weighted by atomic mass is 16.6. The van der Waals surface area contributed by atoms with Gasteiger partial charge in [0, 0.05) is 13.6 Å². The van der Waals surface area contributed by atoms with Crippen LogP contribution in [0.3, 0.4) is 0 Å². The average Bonchev–Trinajstić information content (AvgIpc) is 2.02. The molecule has 0 heterocycles. The summed E-state index contributed by atoms with van der Waals surface area (Å²) < 4.78 is 5.04. The summed E-state index contributed by atoms with van der Waals surface area (Å²) in [5.74, 6) is 0.532. The maximum absolute atomic E-state index is 11.3. The molecule has 0 N–H and O–H groups in total. The topological polar surface area (TPSA) is 29.5 Å². The Kier molecular flexibility index (Phi) is 5.51. The van der Waals surface area contributed by atoms with E-state index in [9.17, 15) is 4.79 Å². The van der Waals surface area contributed by atoms with E-state index in [0.29, 0.717) is 5.92 Å². The molecular formula is C10H21NO2. The first kappa shape index (κ1) is 12.3. The van der Waals surface area contributed by atoms with Crippen LogP contribution >= 0.6 is 0 Å². The normalized spacial score (nSPS) is 12.8. The number of carbonyl (C=O) groups excluding carboxylic acids is 1. The van der Waals surface area contributed by atoms with Crippen LogP contribution in [0.5, 0.6) is 0 Å². The lowest BCUT2D eigenvalue weighted by Gasteiger charge is -2.21. The standard InChI is InChI=1S/C10H21NO2/c1-6-9(4)7-11(5)10(12)13-8(2)3/h8-9H,6-7H2,1-5H3/t9-/m0/s1. The van der Waals surface area contributed by atoms with Crippen LogP contribution < -0.4 is 0 Å². The second kappa shape index (κ2) is 5.84. The van der Waals surface area contributed by atoms with Gasteiger partial charge in [-0.2, -0.15) is 0 Å². The van der Waals surface area contributed by atoms with Crippen molar-refractivity contribution in [3.63, 3.8) is 0 Å². The minimum Gasteiger partial charge on any atom is -0.447 e. The molecule has 0 aliphatic rings. The third-order valence-corrected chi connectivity index (χ3v) is 1.93. The van der Waals surface area contributed by atoms with E-state index < -0.39 is 0 Å². The third-order valence-electron chi connectivity index (χ3n) is 1.93. The first-order chi connectivity index (χ1) is 5.97. The second-order valence-corrected chi connectivity index (χ2v) is 3.83. The zero-order valence-corrected chi connectivity index (χ0v) is 9.33. The van der Waals surface area contributed by atoms with Crippen molar-refractivity contribution in [3.05, 3.63) is 0 Å². The summed E-state index contributed by atoms with van der Waals surface area (Å²) in [6, 6.07) is 0. The molecule has 78 valence electrons. The molecule has 0 fully saturated rings. The minimum atomic E-state index is -0.227. The first-order valence-electron chi connectivity index (χ1n) is 4.89. The van der Waals surface area contributed by atoms with Crippen LogP contribution in [0.4, 0.5) is 4.79 Å². The summed E-state index contributed by atoms with van der Waals surface area (Å²) in [6.07, 6.45) is 0.821. The fourth-order valence-corrected chi connectivity index (χ4v) is 0.963. The highest BCUT2D eigenvalue weighted by molar-refractivity contribution is 5.67.